The number of carbonyl (C=O) groups excluding carboxylic acids is 1. The molecule has 0 spiro atoms. The third kappa shape index (κ3) is 2.74. The van der Waals surface area contributed by atoms with Crippen molar-refractivity contribution in [3.8, 4) is 5.88 Å². The lowest BCUT2D eigenvalue weighted by Gasteiger charge is -2.24. The molecule has 17 heavy (non-hydrogen) atoms. The summed E-state index contributed by atoms with van der Waals surface area (Å²) in [5, 5.41) is 3.26. The Morgan fingerprint density at radius 2 is 2.24 bits per heavy atom. The summed E-state index contributed by atoms with van der Waals surface area (Å²) in [4.78, 5) is 15.5. The van der Waals surface area contributed by atoms with E-state index in [1.165, 1.54) is 0 Å². The molecule has 5 nitrogen and oxygen atoms in total. The summed E-state index contributed by atoms with van der Waals surface area (Å²) in [6.45, 7) is 3.70. The van der Waals surface area contributed by atoms with E-state index in [1.54, 1.807) is 12.3 Å². The number of nitrogens with zero attached hydrogens (tertiary/aromatic N) is 1. The number of pyridine rings is 1. The minimum Gasteiger partial charge on any atom is -0.474 e. The molecule has 0 bridgehead atoms. The zero-order valence-electron chi connectivity index (χ0n) is 9.90. The number of hydrogen-bond donors (Lipinski definition) is 2. The molecule has 1 aromatic rings. The molecule has 0 radical (unpaired) electrons. The topological polar surface area (TPSA) is 77.2 Å². The average molecular weight is 235 g/mol. The van der Waals surface area contributed by atoms with E-state index < -0.39 is 5.91 Å². The fourth-order valence-electron chi connectivity index (χ4n) is 1.99. The van der Waals surface area contributed by atoms with Gasteiger partial charge >= 0.3 is 0 Å². The van der Waals surface area contributed by atoms with Crippen molar-refractivity contribution in [2.24, 2.45) is 5.73 Å². The number of nitrogens with one attached hydrogen (secondary N) is 1. The van der Waals surface area contributed by atoms with E-state index in [9.17, 15) is 4.79 Å². The van der Waals surface area contributed by atoms with Gasteiger partial charge in [0.05, 0.1) is 0 Å². The molecule has 1 saturated heterocycles. The smallest absolute Gasteiger partial charge is 0.254 e. The van der Waals surface area contributed by atoms with E-state index in [4.69, 9.17) is 10.5 Å². The van der Waals surface area contributed by atoms with Crippen LogP contribution in [0.5, 0.6) is 5.88 Å². The van der Waals surface area contributed by atoms with Crippen LogP contribution < -0.4 is 15.8 Å². The average Bonchev–Trinajstić information content (AvgIpc) is 2.30. The second-order valence-corrected chi connectivity index (χ2v) is 4.24. The van der Waals surface area contributed by atoms with Gasteiger partial charge in [0.2, 0.25) is 5.88 Å². The molecular formula is C12H17N3O2. The maximum absolute atomic E-state index is 11.4. The van der Waals surface area contributed by atoms with Crippen LogP contribution in [0.15, 0.2) is 12.3 Å². The van der Waals surface area contributed by atoms with Crippen LogP contribution in [0.2, 0.25) is 0 Å². The molecule has 0 aromatic carbocycles. The van der Waals surface area contributed by atoms with Crippen LogP contribution in [0.25, 0.3) is 0 Å². The maximum atomic E-state index is 11.4. The molecule has 3 N–H and O–H groups in total. The highest BCUT2D eigenvalue weighted by Gasteiger charge is 2.19. The van der Waals surface area contributed by atoms with Gasteiger partial charge in [-0.2, -0.15) is 0 Å². The fraction of sp³-hybridized carbons (Fsp3) is 0.500. The van der Waals surface area contributed by atoms with Crippen molar-refractivity contribution < 1.29 is 9.53 Å². The molecule has 1 aliphatic rings. The molecule has 0 unspecified atom stereocenters. The van der Waals surface area contributed by atoms with E-state index in [1.807, 2.05) is 6.92 Å². The lowest BCUT2D eigenvalue weighted by molar-refractivity contribution is 0.0986. The normalized spacial score (nSPS) is 16.8. The van der Waals surface area contributed by atoms with Crippen LogP contribution in [0.4, 0.5) is 0 Å². The lowest BCUT2D eigenvalue weighted by atomic mass is 10.1. The van der Waals surface area contributed by atoms with Crippen molar-refractivity contribution >= 4 is 5.91 Å². The zero-order chi connectivity index (χ0) is 12.3. The van der Waals surface area contributed by atoms with Crippen molar-refractivity contribution in [1.29, 1.82) is 0 Å². The standard InChI is InChI=1S/C12H17N3O2/c1-8-2-7-15-12(10(8)11(13)16)17-9-3-5-14-6-4-9/h2,7,9,14H,3-6H2,1H3,(H2,13,16). The quantitative estimate of drug-likeness (QED) is 0.805. The number of hydrogen-bond acceptors (Lipinski definition) is 4. The Bertz CT molecular complexity index is 414. The van der Waals surface area contributed by atoms with Crippen LogP contribution in [-0.2, 0) is 0 Å². The number of primary amides is 1. The first-order chi connectivity index (χ1) is 8.18. The Labute approximate surface area is 100 Å². The summed E-state index contributed by atoms with van der Waals surface area (Å²) in [5.41, 5.74) is 6.55. The van der Waals surface area contributed by atoms with Gasteiger partial charge in [-0.1, -0.05) is 0 Å². The van der Waals surface area contributed by atoms with Gasteiger partial charge in [-0.3, -0.25) is 4.79 Å². The SMILES string of the molecule is Cc1ccnc(OC2CCNCC2)c1C(N)=O. The monoisotopic (exact) mass is 235 g/mol. The van der Waals surface area contributed by atoms with Crippen molar-refractivity contribution in [3.05, 3.63) is 23.4 Å². The third-order valence-corrected chi connectivity index (χ3v) is 2.94. The van der Waals surface area contributed by atoms with Gasteiger partial charge in [0.1, 0.15) is 11.7 Å². The van der Waals surface area contributed by atoms with E-state index in [-0.39, 0.29) is 6.10 Å². The molecule has 1 aliphatic heterocycles. The van der Waals surface area contributed by atoms with Gasteiger partial charge in [0.15, 0.2) is 0 Å². The van der Waals surface area contributed by atoms with Gasteiger partial charge in [-0.15, -0.1) is 0 Å². The number of aryl methyl sites for hydroxylation is 1. The van der Waals surface area contributed by atoms with Gasteiger partial charge in [-0.05, 0) is 44.5 Å². The first kappa shape index (κ1) is 11.9. The summed E-state index contributed by atoms with van der Waals surface area (Å²) in [7, 11) is 0. The molecule has 2 rings (SSSR count). The predicted molar refractivity (Wildman–Crippen MR) is 64.0 cm³/mol. The number of carbonyl (C=O) groups is 1. The number of piperidine rings is 1. The first-order valence-corrected chi connectivity index (χ1v) is 5.81. The lowest BCUT2D eigenvalue weighted by Crippen LogP contribution is -2.34. The van der Waals surface area contributed by atoms with E-state index >= 15 is 0 Å². The minimum atomic E-state index is -0.487. The van der Waals surface area contributed by atoms with Crippen molar-refractivity contribution in [2.75, 3.05) is 13.1 Å². The molecule has 0 atom stereocenters. The minimum absolute atomic E-state index is 0.114. The Morgan fingerprint density at radius 1 is 1.53 bits per heavy atom. The Hall–Kier alpha value is -1.62. The van der Waals surface area contributed by atoms with E-state index in [0.717, 1.165) is 31.5 Å². The van der Waals surface area contributed by atoms with Crippen LogP contribution in [0.1, 0.15) is 28.8 Å². The number of aromatic nitrogens is 1. The molecular weight excluding hydrogens is 218 g/mol. The largest absolute Gasteiger partial charge is 0.474 e. The van der Waals surface area contributed by atoms with Crippen LogP contribution >= 0.6 is 0 Å². The van der Waals surface area contributed by atoms with Gasteiger partial charge in [0.25, 0.3) is 5.91 Å². The zero-order valence-corrected chi connectivity index (χ0v) is 9.90. The molecule has 1 fully saturated rings. The summed E-state index contributed by atoms with van der Waals surface area (Å²) in [5.74, 6) is -0.121. The fourth-order valence-corrected chi connectivity index (χ4v) is 1.99. The summed E-state index contributed by atoms with van der Waals surface area (Å²) >= 11 is 0. The second kappa shape index (κ2) is 5.14. The Kier molecular flexibility index (Phi) is 3.58. The molecule has 0 aliphatic carbocycles. The van der Waals surface area contributed by atoms with Crippen molar-refractivity contribution in [1.82, 2.24) is 10.3 Å². The maximum Gasteiger partial charge on any atom is 0.254 e. The van der Waals surface area contributed by atoms with Gasteiger partial charge < -0.3 is 15.8 Å². The van der Waals surface area contributed by atoms with Crippen LogP contribution in [-0.4, -0.2) is 30.1 Å². The number of rotatable bonds is 3. The highest BCUT2D eigenvalue weighted by Crippen LogP contribution is 2.21. The Balaban J connectivity index is 2.19. The summed E-state index contributed by atoms with van der Waals surface area (Å²) in [6.07, 6.45) is 3.60. The van der Waals surface area contributed by atoms with Crippen molar-refractivity contribution in [2.45, 2.75) is 25.9 Å². The summed E-state index contributed by atoms with van der Waals surface area (Å²) in [6, 6.07) is 1.76. The second-order valence-electron chi connectivity index (χ2n) is 4.24. The van der Waals surface area contributed by atoms with Gasteiger partial charge in [0, 0.05) is 6.20 Å². The molecule has 1 amide bonds. The molecule has 92 valence electrons. The van der Waals surface area contributed by atoms with Crippen LogP contribution in [0, 0.1) is 6.92 Å². The highest BCUT2D eigenvalue weighted by molar-refractivity contribution is 5.96. The predicted octanol–water partition coefficient (Wildman–Crippen LogP) is 0.620. The summed E-state index contributed by atoms with van der Waals surface area (Å²) < 4.78 is 5.78. The molecule has 5 heteroatoms. The van der Waals surface area contributed by atoms with Crippen LogP contribution in [0.3, 0.4) is 0 Å². The highest BCUT2D eigenvalue weighted by atomic mass is 16.5. The molecule has 1 aromatic heterocycles. The van der Waals surface area contributed by atoms with E-state index in [2.05, 4.69) is 10.3 Å². The number of ether oxygens (including phenoxy) is 1. The third-order valence-electron chi connectivity index (χ3n) is 2.94. The Morgan fingerprint density at radius 3 is 2.88 bits per heavy atom. The first-order valence-electron chi connectivity index (χ1n) is 5.81. The van der Waals surface area contributed by atoms with Gasteiger partial charge in [-0.25, -0.2) is 4.98 Å². The van der Waals surface area contributed by atoms with Crippen molar-refractivity contribution in [3.63, 3.8) is 0 Å². The van der Waals surface area contributed by atoms with E-state index in [0.29, 0.717) is 11.4 Å². The molecule has 0 saturated carbocycles. The number of amides is 1. The number of nitrogens with two attached hydrogens (primary N) is 1. The molecule has 2 heterocycles.